The van der Waals surface area contributed by atoms with Crippen LogP contribution in [-0.2, 0) is 0 Å². The van der Waals surface area contributed by atoms with Crippen molar-refractivity contribution in [2.45, 2.75) is 20.8 Å². The van der Waals surface area contributed by atoms with Crippen molar-refractivity contribution in [3.63, 3.8) is 0 Å². The van der Waals surface area contributed by atoms with Crippen molar-refractivity contribution in [2.24, 2.45) is 0 Å². The molecule has 5 heteroatoms. The number of nitrogens with one attached hydrogen (secondary N) is 2. The third-order valence-corrected chi connectivity index (χ3v) is 4.57. The average Bonchev–Trinajstić information content (AvgIpc) is 2.71. The smallest absolute Gasteiger partial charge is 0.257 e. The van der Waals surface area contributed by atoms with Crippen molar-refractivity contribution in [1.29, 1.82) is 0 Å². The van der Waals surface area contributed by atoms with Gasteiger partial charge in [-0.25, -0.2) is 4.98 Å². The fourth-order valence-corrected chi connectivity index (χ4v) is 3.02. The Morgan fingerprint density at radius 3 is 2.32 bits per heavy atom. The molecular weight excluding hydrogens is 348 g/mol. The molecule has 3 aromatic rings. The summed E-state index contributed by atoms with van der Waals surface area (Å²) in [5.41, 5.74) is 4.58. The summed E-state index contributed by atoms with van der Waals surface area (Å²) in [6.07, 6.45) is 1.58. The minimum atomic E-state index is -0.176. The summed E-state index contributed by atoms with van der Waals surface area (Å²) in [6.45, 7) is 8.21. The van der Waals surface area contributed by atoms with Crippen LogP contribution >= 0.6 is 0 Å². The molecule has 144 valence electrons. The first-order valence-electron chi connectivity index (χ1n) is 9.55. The number of hydrogen-bond acceptors (Lipinski definition) is 4. The van der Waals surface area contributed by atoms with Crippen molar-refractivity contribution in [1.82, 2.24) is 4.98 Å². The van der Waals surface area contributed by atoms with Crippen LogP contribution in [0.25, 0.3) is 0 Å². The first kappa shape index (κ1) is 19.4. The summed E-state index contributed by atoms with van der Waals surface area (Å²) >= 11 is 0. The molecule has 28 heavy (non-hydrogen) atoms. The number of aryl methyl sites for hydroxylation is 1. The van der Waals surface area contributed by atoms with E-state index in [0.717, 1.165) is 30.2 Å². The normalized spacial score (nSPS) is 10.4. The van der Waals surface area contributed by atoms with Gasteiger partial charge in [0.2, 0.25) is 0 Å². The Kier molecular flexibility index (Phi) is 6.27. The second kappa shape index (κ2) is 9.04. The molecule has 1 amide bonds. The molecule has 0 saturated carbocycles. The van der Waals surface area contributed by atoms with Crippen LogP contribution in [0, 0.1) is 6.92 Å². The highest BCUT2D eigenvalue weighted by Gasteiger charge is 2.08. The summed E-state index contributed by atoms with van der Waals surface area (Å²) < 4.78 is 0. The number of benzene rings is 2. The lowest BCUT2D eigenvalue weighted by atomic mass is 10.2. The highest BCUT2D eigenvalue weighted by Crippen LogP contribution is 2.19. The van der Waals surface area contributed by atoms with Crippen LogP contribution < -0.4 is 15.5 Å². The van der Waals surface area contributed by atoms with Crippen molar-refractivity contribution >= 4 is 28.8 Å². The lowest BCUT2D eigenvalue weighted by Crippen LogP contribution is -2.21. The Bertz CT molecular complexity index is 916. The van der Waals surface area contributed by atoms with Crippen LogP contribution in [0.1, 0.15) is 29.8 Å². The molecule has 0 aliphatic heterocycles. The van der Waals surface area contributed by atoms with Gasteiger partial charge in [0, 0.05) is 36.3 Å². The van der Waals surface area contributed by atoms with E-state index in [1.54, 1.807) is 18.3 Å². The van der Waals surface area contributed by atoms with Crippen LogP contribution in [0.5, 0.6) is 0 Å². The molecule has 0 radical (unpaired) electrons. The summed E-state index contributed by atoms with van der Waals surface area (Å²) in [6, 6.07) is 19.5. The van der Waals surface area contributed by atoms with Crippen LogP contribution in [-0.4, -0.2) is 24.0 Å². The second-order valence-corrected chi connectivity index (χ2v) is 6.60. The largest absolute Gasteiger partial charge is 0.372 e. The number of rotatable bonds is 7. The monoisotopic (exact) mass is 374 g/mol. The Morgan fingerprint density at radius 2 is 1.71 bits per heavy atom. The molecule has 2 aromatic carbocycles. The van der Waals surface area contributed by atoms with Gasteiger partial charge in [-0.1, -0.05) is 12.1 Å². The maximum Gasteiger partial charge on any atom is 0.257 e. The zero-order chi connectivity index (χ0) is 19.9. The molecule has 0 bridgehead atoms. The Labute approximate surface area is 166 Å². The van der Waals surface area contributed by atoms with E-state index in [0.29, 0.717) is 11.4 Å². The van der Waals surface area contributed by atoms with Gasteiger partial charge >= 0.3 is 0 Å². The topological polar surface area (TPSA) is 57.3 Å². The molecule has 0 atom stereocenters. The van der Waals surface area contributed by atoms with Gasteiger partial charge in [-0.15, -0.1) is 0 Å². The number of carbonyl (C=O) groups excluding carboxylic acids is 1. The fourth-order valence-electron chi connectivity index (χ4n) is 3.02. The molecule has 0 unspecified atom stereocenters. The van der Waals surface area contributed by atoms with Crippen molar-refractivity contribution < 1.29 is 4.79 Å². The Balaban J connectivity index is 1.63. The van der Waals surface area contributed by atoms with Crippen LogP contribution in [0.15, 0.2) is 66.9 Å². The van der Waals surface area contributed by atoms with E-state index in [9.17, 15) is 4.79 Å². The lowest BCUT2D eigenvalue weighted by molar-refractivity contribution is 0.102. The second-order valence-electron chi connectivity index (χ2n) is 6.60. The molecule has 1 heterocycles. The minimum absolute atomic E-state index is 0.176. The molecule has 0 aliphatic carbocycles. The highest BCUT2D eigenvalue weighted by molar-refractivity contribution is 6.04. The van der Waals surface area contributed by atoms with E-state index >= 15 is 0 Å². The third-order valence-electron chi connectivity index (χ3n) is 4.57. The number of anilines is 4. The van der Waals surface area contributed by atoms with E-state index in [1.165, 1.54) is 5.56 Å². The summed E-state index contributed by atoms with van der Waals surface area (Å²) in [5.74, 6) is 0.524. The fraction of sp³-hybridized carbons (Fsp3) is 0.217. The number of pyridine rings is 1. The molecule has 0 aliphatic rings. The van der Waals surface area contributed by atoms with Crippen molar-refractivity contribution in [2.75, 3.05) is 28.6 Å². The number of aromatic nitrogens is 1. The Morgan fingerprint density at radius 1 is 0.964 bits per heavy atom. The van der Waals surface area contributed by atoms with E-state index in [1.807, 2.05) is 55.5 Å². The van der Waals surface area contributed by atoms with Crippen LogP contribution in [0.2, 0.25) is 0 Å². The summed E-state index contributed by atoms with van der Waals surface area (Å²) in [7, 11) is 0. The number of amides is 1. The van der Waals surface area contributed by atoms with Crippen LogP contribution in [0.4, 0.5) is 22.9 Å². The van der Waals surface area contributed by atoms with E-state index in [-0.39, 0.29) is 5.91 Å². The third kappa shape index (κ3) is 4.88. The molecule has 0 fully saturated rings. The SMILES string of the molecule is CCN(CC)c1ccc(NC(=O)c2ccc(Nc3cccc(C)c3)nc2)cc1. The predicted molar refractivity (Wildman–Crippen MR) is 117 cm³/mol. The van der Waals surface area contributed by atoms with E-state index < -0.39 is 0 Å². The van der Waals surface area contributed by atoms with Gasteiger partial charge in [-0.05, 0) is 74.9 Å². The summed E-state index contributed by atoms with van der Waals surface area (Å²) in [4.78, 5) is 19.1. The number of carbonyl (C=O) groups is 1. The number of hydrogen-bond donors (Lipinski definition) is 2. The summed E-state index contributed by atoms with van der Waals surface area (Å²) in [5, 5.41) is 6.16. The van der Waals surface area contributed by atoms with Gasteiger partial charge in [0.15, 0.2) is 0 Å². The zero-order valence-corrected chi connectivity index (χ0v) is 16.6. The van der Waals surface area contributed by atoms with Crippen LogP contribution in [0.3, 0.4) is 0 Å². The van der Waals surface area contributed by atoms with Gasteiger partial charge in [-0.2, -0.15) is 0 Å². The van der Waals surface area contributed by atoms with Crippen molar-refractivity contribution in [3.05, 3.63) is 78.0 Å². The van der Waals surface area contributed by atoms with Gasteiger partial charge in [0.05, 0.1) is 5.56 Å². The van der Waals surface area contributed by atoms with Crippen molar-refractivity contribution in [3.8, 4) is 0 Å². The Hall–Kier alpha value is -3.34. The van der Waals surface area contributed by atoms with E-state index in [2.05, 4.69) is 34.4 Å². The van der Waals surface area contributed by atoms with Gasteiger partial charge in [0.1, 0.15) is 5.82 Å². The molecular formula is C23H26N4O. The zero-order valence-electron chi connectivity index (χ0n) is 16.6. The quantitative estimate of drug-likeness (QED) is 0.594. The first-order chi connectivity index (χ1) is 13.6. The molecule has 5 nitrogen and oxygen atoms in total. The highest BCUT2D eigenvalue weighted by atomic mass is 16.1. The minimum Gasteiger partial charge on any atom is -0.372 e. The number of nitrogens with zero attached hydrogens (tertiary/aromatic N) is 2. The maximum absolute atomic E-state index is 12.5. The average molecular weight is 374 g/mol. The van der Waals surface area contributed by atoms with Gasteiger partial charge in [0.25, 0.3) is 5.91 Å². The predicted octanol–water partition coefficient (Wildman–Crippen LogP) is 5.23. The van der Waals surface area contributed by atoms with Gasteiger partial charge < -0.3 is 15.5 Å². The van der Waals surface area contributed by atoms with E-state index in [4.69, 9.17) is 0 Å². The van der Waals surface area contributed by atoms with Gasteiger partial charge in [-0.3, -0.25) is 4.79 Å². The molecule has 1 aromatic heterocycles. The standard InChI is InChI=1S/C23H26N4O/c1-4-27(5-2)21-12-10-19(11-13-21)26-23(28)18-9-14-22(24-16-18)25-20-8-6-7-17(3)15-20/h6-16H,4-5H2,1-3H3,(H,24,25)(H,26,28). The maximum atomic E-state index is 12.5. The molecule has 0 saturated heterocycles. The first-order valence-corrected chi connectivity index (χ1v) is 9.55. The molecule has 2 N–H and O–H groups in total. The molecule has 3 rings (SSSR count). The molecule has 0 spiro atoms. The lowest BCUT2D eigenvalue weighted by Gasteiger charge is -2.21.